The molecular formula is C14H28N2O2. The molecule has 0 aromatic heterocycles. The first kappa shape index (κ1) is 14.3. The first-order valence-corrected chi connectivity index (χ1v) is 7.31. The van der Waals surface area contributed by atoms with Crippen molar-refractivity contribution < 1.29 is 9.47 Å². The van der Waals surface area contributed by atoms with Crippen LogP contribution in [0.2, 0.25) is 0 Å². The molecule has 1 atom stereocenters. The maximum absolute atomic E-state index is 5.59. The molecule has 1 unspecified atom stereocenters. The Morgan fingerprint density at radius 2 is 2.00 bits per heavy atom. The van der Waals surface area contributed by atoms with Crippen molar-refractivity contribution in [2.75, 3.05) is 46.6 Å². The van der Waals surface area contributed by atoms with Crippen LogP contribution in [0.3, 0.4) is 0 Å². The third-order valence-corrected chi connectivity index (χ3v) is 4.42. The molecule has 4 nitrogen and oxygen atoms in total. The summed E-state index contributed by atoms with van der Waals surface area (Å²) in [5.74, 6) is 0. The Hall–Kier alpha value is -0.160. The first-order chi connectivity index (χ1) is 8.76. The summed E-state index contributed by atoms with van der Waals surface area (Å²) >= 11 is 0. The number of rotatable bonds is 6. The van der Waals surface area contributed by atoms with Gasteiger partial charge in [-0.25, -0.2) is 0 Å². The van der Waals surface area contributed by atoms with Crippen LogP contribution in [0.1, 0.15) is 32.6 Å². The van der Waals surface area contributed by atoms with Gasteiger partial charge in [-0.05, 0) is 19.8 Å². The van der Waals surface area contributed by atoms with Gasteiger partial charge in [0.25, 0.3) is 0 Å². The molecule has 106 valence electrons. The molecule has 4 heteroatoms. The van der Waals surface area contributed by atoms with E-state index in [4.69, 9.17) is 9.47 Å². The van der Waals surface area contributed by atoms with E-state index in [1.165, 1.54) is 32.2 Å². The minimum Gasteiger partial charge on any atom is -0.382 e. The third kappa shape index (κ3) is 3.67. The molecule has 0 aromatic carbocycles. The van der Waals surface area contributed by atoms with Crippen molar-refractivity contribution in [3.05, 3.63) is 0 Å². The van der Waals surface area contributed by atoms with Crippen LogP contribution in [0.25, 0.3) is 0 Å². The monoisotopic (exact) mass is 256 g/mol. The standard InChI is InChI=1S/C14H28N2O2/c1-13-11-15-14(5-3-4-6-14)12-16(13)7-8-18-10-9-17-2/h13,15H,3-12H2,1-2H3. The summed E-state index contributed by atoms with van der Waals surface area (Å²) in [6, 6.07) is 0.627. The molecule has 2 rings (SSSR count). The first-order valence-electron chi connectivity index (χ1n) is 7.31. The van der Waals surface area contributed by atoms with Crippen LogP contribution in [0, 0.1) is 0 Å². The number of nitrogens with zero attached hydrogens (tertiary/aromatic N) is 1. The van der Waals surface area contributed by atoms with E-state index in [1.807, 2.05) is 0 Å². The SMILES string of the molecule is COCCOCCN1CC2(CCCC2)NCC1C. The fraction of sp³-hybridized carbons (Fsp3) is 1.00. The molecule has 1 aliphatic heterocycles. The maximum atomic E-state index is 5.59. The number of ether oxygens (including phenoxy) is 2. The highest BCUT2D eigenvalue weighted by molar-refractivity contribution is 5.00. The van der Waals surface area contributed by atoms with Crippen molar-refractivity contribution in [3.8, 4) is 0 Å². The van der Waals surface area contributed by atoms with Gasteiger partial charge in [0.15, 0.2) is 0 Å². The Morgan fingerprint density at radius 3 is 2.72 bits per heavy atom. The van der Waals surface area contributed by atoms with Crippen molar-refractivity contribution in [3.63, 3.8) is 0 Å². The van der Waals surface area contributed by atoms with Crippen LogP contribution in [-0.2, 0) is 9.47 Å². The van der Waals surface area contributed by atoms with Crippen LogP contribution in [0.5, 0.6) is 0 Å². The summed E-state index contributed by atoms with van der Waals surface area (Å²) in [6.07, 6.45) is 5.47. The molecular weight excluding hydrogens is 228 g/mol. The lowest BCUT2D eigenvalue weighted by atomic mass is 9.92. The van der Waals surface area contributed by atoms with Gasteiger partial charge in [-0.2, -0.15) is 0 Å². The molecule has 1 saturated carbocycles. The lowest BCUT2D eigenvalue weighted by molar-refractivity contribution is 0.0293. The molecule has 0 bridgehead atoms. The summed E-state index contributed by atoms with van der Waals surface area (Å²) in [4.78, 5) is 2.59. The third-order valence-electron chi connectivity index (χ3n) is 4.42. The second-order valence-corrected chi connectivity index (χ2v) is 5.79. The average Bonchev–Trinajstić information content (AvgIpc) is 2.82. The summed E-state index contributed by atoms with van der Waals surface area (Å²) in [5, 5.41) is 3.78. The zero-order valence-electron chi connectivity index (χ0n) is 11.9. The molecule has 2 fully saturated rings. The van der Waals surface area contributed by atoms with Gasteiger partial charge >= 0.3 is 0 Å². The molecule has 0 radical (unpaired) electrons. The minimum atomic E-state index is 0.416. The fourth-order valence-corrected chi connectivity index (χ4v) is 3.21. The summed E-state index contributed by atoms with van der Waals surface area (Å²) in [7, 11) is 1.71. The molecule has 1 heterocycles. The normalized spacial score (nSPS) is 28.0. The number of piperazine rings is 1. The second-order valence-electron chi connectivity index (χ2n) is 5.79. The predicted molar refractivity (Wildman–Crippen MR) is 72.9 cm³/mol. The van der Waals surface area contributed by atoms with E-state index in [9.17, 15) is 0 Å². The highest BCUT2D eigenvalue weighted by Crippen LogP contribution is 2.32. The molecule has 1 saturated heterocycles. The van der Waals surface area contributed by atoms with E-state index in [0.717, 1.165) is 19.7 Å². The molecule has 0 aromatic rings. The van der Waals surface area contributed by atoms with E-state index < -0.39 is 0 Å². The topological polar surface area (TPSA) is 33.7 Å². The number of hydrogen-bond donors (Lipinski definition) is 1. The summed E-state index contributed by atoms with van der Waals surface area (Å²) in [6.45, 7) is 7.91. The Labute approximate surface area is 111 Å². The van der Waals surface area contributed by atoms with Gasteiger partial charge < -0.3 is 14.8 Å². The van der Waals surface area contributed by atoms with Crippen LogP contribution in [-0.4, -0.2) is 63.0 Å². The van der Waals surface area contributed by atoms with Gasteiger partial charge in [-0.15, -0.1) is 0 Å². The predicted octanol–water partition coefficient (Wildman–Crippen LogP) is 1.26. The van der Waals surface area contributed by atoms with Crippen LogP contribution in [0.4, 0.5) is 0 Å². The van der Waals surface area contributed by atoms with E-state index in [-0.39, 0.29) is 0 Å². The Kier molecular flexibility index (Phi) is 5.42. The van der Waals surface area contributed by atoms with Crippen molar-refractivity contribution in [2.45, 2.75) is 44.2 Å². The number of nitrogens with one attached hydrogen (secondary N) is 1. The van der Waals surface area contributed by atoms with E-state index >= 15 is 0 Å². The fourth-order valence-electron chi connectivity index (χ4n) is 3.21. The zero-order chi connectivity index (χ0) is 12.8. The quantitative estimate of drug-likeness (QED) is 0.725. The van der Waals surface area contributed by atoms with Crippen LogP contribution < -0.4 is 5.32 Å². The van der Waals surface area contributed by atoms with E-state index in [1.54, 1.807) is 7.11 Å². The number of hydrogen-bond acceptors (Lipinski definition) is 4. The Bertz CT molecular complexity index is 242. The van der Waals surface area contributed by atoms with Crippen molar-refractivity contribution in [1.82, 2.24) is 10.2 Å². The van der Waals surface area contributed by atoms with Gasteiger partial charge in [0.2, 0.25) is 0 Å². The van der Waals surface area contributed by atoms with Gasteiger partial charge in [0.05, 0.1) is 19.8 Å². The lowest BCUT2D eigenvalue weighted by Crippen LogP contribution is -2.62. The van der Waals surface area contributed by atoms with Crippen molar-refractivity contribution in [2.24, 2.45) is 0 Å². The van der Waals surface area contributed by atoms with Crippen LogP contribution in [0.15, 0.2) is 0 Å². The maximum Gasteiger partial charge on any atom is 0.0700 e. The minimum absolute atomic E-state index is 0.416. The molecule has 1 spiro atoms. The molecule has 0 amide bonds. The zero-order valence-corrected chi connectivity index (χ0v) is 11.9. The molecule has 1 N–H and O–H groups in total. The highest BCUT2D eigenvalue weighted by Gasteiger charge is 2.39. The summed E-state index contributed by atoms with van der Waals surface area (Å²) in [5.41, 5.74) is 0.416. The molecule has 1 aliphatic carbocycles. The van der Waals surface area contributed by atoms with E-state index in [2.05, 4.69) is 17.1 Å². The number of methoxy groups -OCH3 is 1. The Balaban J connectivity index is 1.72. The lowest BCUT2D eigenvalue weighted by Gasteiger charge is -2.45. The van der Waals surface area contributed by atoms with Crippen LogP contribution >= 0.6 is 0 Å². The van der Waals surface area contributed by atoms with Gasteiger partial charge in [-0.1, -0.05) is 12.8 Å². The van der Waals surface area contributed by atoms with Crippen molar-refractivity contribution in [1.29, 1.82) is 0 Å². The smallest absolute Gasteiger partial charge is 0.0700 e. The highest BCUT2D eigenvalue weighted by atomic mass is 16.5. The summed E-state index contributed by atoms with van der Waals surface area (Å²) < 4.78 is 10.6. The largest absolute Gasteiger partial charge is 0.382 e. The van der Waals surface area contributed by atoms with Gasteiger partial charge in [0, 0.05) is 38.3 Å². The van der Waals surface area contributed by atoms with Gasteiger partial charge in [-0.3, -0.25) is 4.90 Å². The Morgan fingerprint density at radius 1 is 1.22 bits per heavy atom. The van der Waals surface area contributed by atoms with Crippen molar-refractivity contribution >= 4 is 0 Å². The molecule has 18 heavy (non-hydrogen) atoms. The average molecular weight is 256 g/mol. The second kappa shape index (κ2) is 6.85. The molecule has 2 aliphatic rings. The van der Waals surface area contributed by atoms with Gasteiger partial charge in [0.1, 0.15) is 0 Å². The van der Waals surface area contributed by atoms with E-state index in [0.29, 0.717) is 24.8 Å².